The number of ether oxygens (including phenoxy) is 1. The highest BCUT2D eigenvalue weighted by Crippen LogP contribution is 2.23. The zero-order valence-electron chi connectivity index (χ0n) is 11.1. The van der Waals surface area contributed by atoms with E-state index in [0.29, 0.717) is 23.9 Å². The SMILES string of the molecule is O=C(Cc1nc(C2CCCOC2)no1)c1ccccc1. The minimum atomic E-state index is -0.0132. The summed E-state index contributed by atoms with van der Waals surface area (Å²) in [5.41, 5.74) is 0.660. The van der Waals surface area contributed by atoms with Crippen molar-refractivity contribution in [3.8, 4) is 0 Å². The van der Waals surface area contributed by atoms with Crippen LogP contribution in [0.3, 0.4) is 0 Å². The molecule has 1 unspecified atom stereocenters. The van der Waals surface area contributed by atoms with Crippen LogP contribution in [0.25, 0.3) is 0 Å². The Balaban J connectivity index is 1.66. The lowest BCUT2D eigenvalue weighted by Gasteiger charge is -2.18. The summed E-state index contributed by atoms with van der Waals surface area (Å²) in [6.07, 6.45) is 2.16. The third kappa shape index (κ3) is 2.93. The van der Waals surface area contributed by atoms with Crippen LogP contribution >= 0.6 is 0 Å². The molecule has 1 aliphatic rings. The lowest BCUT2D eigenvalue weighted by atomic mass is 10.0. The van der Waals surface area contributed by atoms with E-state index in [1.807, 2.05) is 18.2 Å². The van der Waals surface area contributed by atoms with Gasteiger partial charge in [0.15, 0.2) is 11.6 Å². The number of Topliss-reactive ketones (excluding diaryl/α,β-unsaturated/α-hetero) is 1. The molecule has 1 aromatic carbocycles. The van der Waals surface area contributed by atoms with E-state index in [0.717, 1.165) is 19.4 Å². The quantitative estimate of drug-likeness (QED) is 0.799. The van der Waals surface area contributed by atoms with Crippen molar-refractivity contribution in [2.24, 2.45) is 0 Å². The van der Waals surface area contributed by atoms with Gasteiger partial charge in [-0.25, -0.2) is 0 Å². The van der Waals surface area contributed by atoms with Crippen molar-refractivity contribution in [3.05, 3.63) is 47.6 Å². The molecular formula is C15H16N2O3. The molecule has 2 aromatic rings. The van der Waals surface area contributed by atoms with Crippen molar-refractivity contribution in [2.45, 2.75) is 25.2 Å². The van der Waals surface area contributed by atoms with Gasteiger partial charge in [-0.3, -0.25) is 4.79 Å². The summed E-state index contributed by atoms with van der Waals surface area (Å²) in [5, 5.41) is 3.97. The number of ketones is 1. The second-order valence-corrected chi connectivity index (χ2v) is 4.93. The normalized spacial score (nSPS) is 18.9. The first-order valence-corrected chi connectivity index (χ1v) is 6.81. The zero-order chi connectivity index (χ0) is 13.8. The zero-order valence-corrected chi connectivity index (χ0v) is 11.1. The molecule has 104 valence electrons. The molecule has 2 heterocycles. The average Bonchev–Trinajstić information content (AvgIpc) is 2.97. The first-order chi connectivity index (χ1) is 9.83. The molecule has 20 heavy (non-hydrogen) atoms. The van der Waals surface area contributed by atoms with Crippen LogP contribution in [-0.2, 0) is 11.2 Å². The van der Waals surface area contributed by atoms with Gasteiger partial charge in [0.25, 0.3) is 0 Å². The summed E-state index contributed by atoms with van der Waals surface area (Å²) in [5.74, 6) is 1.20. The largest absolute Gasteiger partial charge is 0.381 e. The van der Waals surface area contributed by atoms with E-state index in [4.69, 9.17) is 9.26 Å². The molecule has 5 heteroatoms. The summed E-state index contributed by atoms with van der Waals surface area (Å²) in [6.45, 7) is 1.43. The molecule has 1 aliphatic heterocycles. The van der Waals surface area contributed by atoms with Crippen LogP contribution in [-0.4, -0.2) is 29.1 Å². The van der Waals surface area contributed by atoms with Crippen molar-refractivity contribution in [3.63, 3.8) is 0 Å². The van der Waals surface area contributed by atoms with Gasteiger partial charge < -0.3 is 9.26 Å². The maximum Gasteiger partial charge on any atom is 0.234 e. The molecule has 0 spiro atoms. The number of hydrogen-bond acceptors (Lipinski definition) is 5. The highest BCUT2D eigenvalue weighted by molar-refractivity contribution is 5.96. The van der Waals surface area contributed by atoms with Gasteiger partial charge in [0.2, 0.25) is 5.89 Å². The lowest BCUT2D eigenvalue weighted by molar-refractivity contribution is 0.0773. The van der Waals surface area contributed by atoms with Gasteiger partial charge in [0.1, 0.15) is 0 Å². The fourth-order valence-corrected chi connectivity index (χ4v) is 2.31. The Labute approximate surface area is 116 Å². The second-order valence-electron chi connectivity index (χ2n) is 4.93. The van der Waals surface area contributed by atoms with E-state index in [9.17, 15) is 4.79 Å². The Morgan fingerprint density at radius 3 is 2.90 bits per heavy atom. The van der Waals surface area contributed by atoms with Crippen LogP contribution < -0.4 is 0 Å². The van der Waals surface area contributed by atoms with Crippen molar-refractivity contribution >= 4 is 5.78 Å². The molecule has 1 atom stereocenters. The first-order valence-electron chi connectivity index (χ1n) is 6.81. The molecule has 0 aliphatic carbocycles. The van der Waals surface area contributed by atoms with Crippen molar-refractivity contribution in [1.29, 1.82) is 0 Å². The third-order valence-electron chi connectivity index (χ3n) is 3.42. The highest BCUT2D eigenvalue weighted by Gasteiger charge is 2.22. The number of nitrogens with zero attached hydrogens (tertiary/aromatic N) is 2. The lowest BCUT2D eigenvalue weighted by Crippen LogP contribution is -2.16. The van der Waals surface area contributed by atoms with Gasteiger partial charge >= 0.3 is 0 Å². The van der Waals surface area contributed by atoms with Gasteiger partial charge in [-0.15, -0.1) is 0 Å². The molecule has 0 bridgehead atoms. The number of carbonyl (C=O) groups excluding carboxylic acids is 1. The van der Waals surface area contributed by atoms with Crippen molar-refractivity contribution in [1.82, 2.24) is 10.1 Å². The van der Waals surface area contributed by atoms with E-state index in [1.54, 1.807) is 12.1 Å². The topological polar surface area (TPSA) is 65.2 Å². The van der Waals surface area contributed by atoms with Gasteiger partial charge in [-0.1, -0.05) is 35.5 Å². The fraction of sp³-hybridized carbons (Fsp3) is 0.400. The summed E-state index contributed by atoms with van der Waals surface area (Å²) >= 11 is 0. The summed E-state index contributed by atoms with van der Waals surface area (Å²) in [7, 11) is 0. The number of hydrogen-bond donors (Lipinski definition) is 0. The second kappa shape index (κ2) is 5.96. The fourth-order valence-electron chi connectivity index (χ4n) is 2.31. The Morgan fingerprint density at radius 1 is 1.30 bits per heavy atom. The van der Waals surface area contributed by atoms with E-state index >= 15 is 0 Å². The standard InChI is InChI=1S/C15H16N2O3/c18-13(11-5-2-1-3-6-11)9-14-16-15(17-20-14)12-7-4-8-19-10-12/h1-3,5-6,12H,4,7-10H2. The van der Waals surface area contributed by atoms with Crippen LogP contribution in [0, 0.1) is 0 Å². The van der Waals surface area contributed by atoms with E-state index in [2.05, 4.69) is 10.1 Å². The predicted molar refractivity (Wildman–Crippen MR) is 71.6 cm³/mol. The Bertz CT molecular complexity index is 574. The molecular weight excluding hydrogens is 256 g/mol. The number of benzene rings is 1. The molecule has 0 N–H and O–H groups in total. The molecule has 1 saturated heterocycles. The van der Waals surface area contributed by atoms with Gasteiger partial charge in [-0.2, -0.15) is 4.98 Å². The summed E-state index contributed by atoms with van der Waals surface area (Å²) in [6, 6.07) is 9.13. The Morgan fingerprint density at radius 2 is 2.15 bits per heavy atom. The summed E-state index contributed by atoms with van der Waals surface area (Å²) < 4.78 is 10.6. The number of aromatic nitrogens is 2. The summed E-state index contributed by atoms with van der Waals surface area (Å²) in [4.78, 5) is 16.4. The predicted octanol–water partition coefficient (Wildman–Crippen LogP) is 2.39. The molecule has 0 radical (unpaired) electrons. The van der Waals surface area contributed by atoms with Gasteiger partial charge in [0.05, 0.1) is 13.0 Å². The monoisotopic (exact) mass is 272 g/mol. The molecule has 1 fully saturated rings. The van der Waals surface area contributed by atoms with Gasteiger partial charge in [-0.05, 0) is 12.8 Å². The van der Waals surface area contributed by atoms with Crippen LogP contribution in [0.1, 0.15) is 40.8 Å². The average molecular weight is 272 g/mol. The molecule has 1 aromatic heterocycles. The van der Waals surface area contributed by atoms with Crippen molar-refractivity contribution in [2.75, 3.05) is 13.2 Å². The number of rotatable bonds is 4. The maximum atomic E-state index is 12.0. The maximum absolute atomic E-state index is 12.0. The van der Waals surface area contributed by atoms with Crippen LogP contribution in [0.15, 0.2) is 34.9 Å². The van der Waals surface area contributed by atoms with E-state index in [-0.39, 0.29) is 18.1 Å². The molecule has 0 amide bonds. The van der Waals surface area contributed by atoms with E-state index < -0.39 is 0 Å². The van der Waals surface area contributed by atoms with Gasteiger partial charge in [0, 0.05) is 18.1 Å². The van der Waals surface area contributed by atoms with Crippen molar-refractivity contribution < 1.29 is 14.1 Å². The Kier molecular flexibility index (Phi) is 3.87. The minimum absolute atomic E-state index is 0.0132. The first kappa shape index (κ1) is 13.0. The number of carbonyl (C=O) groups is 1. The van der Waals surface area contributed by atoms with Crippen LogP contribution in [0.2, 0.25) is 0 Å². The molecule has 5 nitrogen and oxygen atoms in total. The smallest absolute Gasteiger partial charge is 0.234 e. The molecule has 0 saturated carbocycles. The van der Waals surface area contributed by atoms with Crippen LogP contribution in [0.5, 0.6) is 0 Å². The third-order valence-corrected chi connectivity index (χ3v) is 3.42. The highest BCUT2D eigenvalue weighted by atomic mass is 16.5. The molecule has 3 rings (SSSR count). The minimum Gasteiger partial charge on any atom is -0.381 e. The Hall–Kier alpha value is -2.01. The van der Waals surface area contributed by atoms with E-state index in [1.165, 1.54) is 0 Å². The van der Waals surface area contributed by atoms with Crippen LogP contribution in [0.4, 0.5) is 0 Å².